The first-order valence-electron chi connectivity index (χ1n) is 11.6. The molecule has 37 heavy (non-hydrogen) atoms. The molecule has 0 radical (unpaired) electrons. The van der Waals surface area contributed by atoms with Crippen LogP contribution in [0.2, 0.25) is 5.02 Å². The molecule has 1 aliphatic heterocycles. The van der Waals surface area contributed by atoms with Crippen LogP contribution >= 0.6 is 24.0 Å². The number of aromatic nitrogens is 3. The zero-order valence-corrected chi connectivity index (χ0v) is 23.3. The summed E-state index contributed by atoms with van der Waals surface area (Å²) in [6, 6.07) is 9.55. The van der Waals surface area contributed by atoms with Gasteiger partial charge in [0.25, 0.3) is 0 Å². The van der Waals surface area contributed by atoms with Crippen molar-refractivity contribution < 1.29 is 26.1 Å². The summed E-state index contributed by atoms with van der Waals surface area (Å²) >= 11 is 6.03. The Balaban J connectivity index is 0.00000241. The number of nitrogens with zero attached hydrogens (tertiary/aromatic N) is 5. The second-order valence-corrected chi connectivity index (χ2v) is 9.87. The SMILES string of the molecule is Cc1nnc(-c2cc(Cl)ccc2F)cc1Nc1ccnc(NC(=O)CCN2CC[N+](C)(C)CC2)c1.Cl.[Cl-]. The molecule has 0 saturated carbocycles. The molecule has 12 heteroatoms. The lowest BCUT2D eigenvalue weighted by molar-refractivity contribution is -0.894. The fourth-order valence-electron chi connectivity index (χ4n) is 3.87. The maximum atomic E-state index is 14.3. The van der Waals surface area contributed by atoms with Gasteiger partial charge in [-0.3, -0.25) is 9.69 Å². The number of carbonyl (C=O) groups excluding carboxylic acids is 1. The lowest BCUT2D eigenvalue weighted by atomic mass is 10.1. The minimum atomic E-state index is -0.431. The van der Waals surface area contributed by atoms with Gasteiger partial charge in [-0.25, -0.2) is 9.37 Å². The van der Waals surface area contributed by atoms with Crippen LogP contribution in [0.5, 0.6) is 0 Å². The van der Waals surface area contributed by atoms with Crippen molar-refractivity contribution in [3.63, 3.8) is 0 Å². The number of hydrogen-bond acceptors (Lipinski definition) is 6. The standard InChI is InChI=1S/C25H29ClFN7O.2ClH/c1-17-22(16-23(32-31-17)20-14-18(26)4-5-21(20)27)29-19-6-8-28-24(15-19)30-25(35)7-9-33-10-12-34(2,3)13-11-33;;/h4-6,8,14-16H,7,9-13H2,1-3H3,(H-,28,29,30,32,35);2*1H. The Hall–Kier alpha value is -2.56. The summed E-state index contributed by atoms with van der Waals surface area (Å²) in [4.78, 5) is 19.1. The van der Waals surface area contributed by atoms with Gasteiger partial charge in [0.1, 0.15) is 11.6 Å². The monoisotopic (exact) mass is 569 g/mol. The van der Waals surface area contributed by atoms with Gasteiger partial charge in [-0.15, -0.1) is 12.4 Å². The molecule has 2 aromatic heterocycles. The summed E-state index contributed by atoms with van der Waals surface area (Å²) in [5.41, 5.74) is 2.64. The van der Waals surface area contributed by atoms with E-state index in [0.29, 0.717) is 40.0 Å². The number of amides is 1. The van der Waals surface area contributed by atoms with Crippen LogP contribution < -0.4 is 23.0 Å². The topological polar surface area (TPSA) is 83.0 Å². The van der Waals surface area contributed by atoms with Gasteiger partial charge < -0.3 is 27.5 Å². The molecular weight excluding hydrogens is 540 g/mol. The normalized spacial score (nSPS) is 14.7. The summed E-state index contributed by atoms with van der Waals surface area (Å²) in [5, 5.41) is 14.8. The molecule has 0 spiro atoms. The van der Waals surface area contributed by atoms with Crippen LogP contribution in [0, 0.1) is 12.7 Å². The highest BCUT2D eigenvalue weighted by atomic mass is 35.5. The molecule has 8 nitrogen and oxygen atoms in total. The van der Waals surface area contributed by atoms with E-state index in [1.807, 2.05) is 0 Å². The van der Waals surface area contributed by atoms with Crippen molar-refractivity contribution in [1.82, 2.24) is 20.1 Å². The molecule has 1 aromatic carbocycles. The molecule has 4 rings (SSSR count). The molecule has 1 fully saturated rings. The fourth-order valence-corrected chi connectivity index (χ4v) is 4.05. The summed E-state index contributed by atoms with van der Waals surface area (Å²) in [7, 11) is 4.47. The molecule has 2 N–H and O–H groups in total. The minimum Gasteiger partial charge on any atom is -1.00 e. The Bertz CT molecular complexity index is 1220. The van der Waals surface area contributed by atoms with E-state index in [4.69, 9.17) is 11.6 Å². The summed E-state index contributed by atoms with van der Waals surface area (Å²) in [6.07, 6.45) is 2.03. The number of benzene rings is 1. The van der Waals surface area contributed by atoms with E-state index in [1.54, 1.807) is 31.3 Å². The summed E-state index contributed by atoms with van der Waals surface area (Å²) in [5.74, 6) is -0.0496. The number of halogens is 4. The Morgan fingerprint density at radius 2 is 1.86 bits per heavy atom. The van der Waals surface area contributed by atoms with E-state index in [2.05, 4.69) is 44.8 Å². The first kappa shape index (κ1) is 30.7. The largest absolute Gasteiger partial charge is 1.00 e. The number of hydrogen-bond donors (Lipinski definition) is 2. The Kier molecular flexibility index (Phi) is 11.0. The average Bonchev–Trinajstić information content (AvgIpc) is 2.82. The number of likely N-dealkylation sites (N-methyl/N-ethyl adjacent to an activating group) is 1. The second kappa shape index (κ2) is 13.3. The molecule has 0 atom stereocenters. The highest BCUT2D eigenvalue weighted by molar-refractivity contribution is 6.30. The van der Waals surface area contributed by atoms with Gasteiger partial charge in [-0.2, -0.15) is 10.2 Å². The van der Waals surface area contributed by atoms with E-state index in [0.717, 1.165) is 37.2 Å². The Morgan fingerprint density at radius 3 is 2.59 bits per heavy atom. The molecule has 0 unspecified atom stereocenters. The van der Waals surface area contributed by atoms with Crippen molar-refractivity contribution in [3.8, 4) is 11.3 Å². The number of pyridine rings is 1. The zero-order chi connectivity index (χ0) is 25.0. The number of quaternary nitrogens is 1. The molecule has 0 aliphatic carbocycles. The van der Waals surface area contributed by atoms with E-state index in [9.17, 15) is 9.18 Å². The third-order valence-electron chi connectivity index (χ3n) is 6.19. The molecule has 200 valence electrons. The van der Waals surface area contributed by atoms with Crippen LogP contribution in [0.25, 0.3) is 11.3 Å². The average molecular weight is 571 g/mol. The lowest BCUT2D eigenvalue weighted by Gasteiger charge is -2.39. The maximum absolute atomic E-state index is 14.3. The highest BCUT2D eigenvalue weighted by Crippen LogP contribution is 2.28. The van der Waals surface area contributed by atoms with Crippen molar-refractivity contribution in [2.24, 2.45) is 0 Å². The number of rotatable bonds is 7. The maximum Gasteiger partial charge on any atom is 0.226 e. The zero-order valence-electron chi connectivity index (χ0n) is 21.0. The molecular formula is C25H31Cl3FN7O. The first-order chi connectivity index (χ1) is 16.7. The third-order valence-corrected chi connectivity index (χ3v) is 6.42. The Labute approximate surface area is 234 Å². The van der Waals surface area contributed by atoms with Gasteiger partial charge in [0.2, 0.25) is 5.91 Å². The second-order valence-electron chi connectivity index (χ2n) is 9.43. The smallest absolute Gasteiger partial charge is 0.226 e. The minimum absolute atomic E-state index is 0. The van der Waals surface area contributed by atoms with E-state index >= 15 is 0 Å². The van der Waals surface area contributed by atoms with E-state index < -0.39 is 5.82 Å². The number of nitrogens with one attached hydrogen (secondary N) is 2. The van der Waals surface area contributed by atoms with Crippen LogP contribution in [0.1, 0.15) is 12.1 Å². The summed E-state index contributed by atoms with van der Waals surface area (Å²) in [6.45, 7) is 6.71. The number of carbonyl (C=O) groups is 1. The van der Waals surface area contributed by atoms with Crippen LogP contribution in [-0.2, 0) is 4.79 Å². The number of aryl methyl sites for hydroxylation is 1. The third kappa shape index (κ3) is 8.48. The predicted molar refractivity (Wildman–Crippen MR) is 143 cm³/mol. The number of piperazine rings is 1. The van der Waals surface area contributed by atoms with Gasteiger partial charge >= 0.3 is 0 Å². The van der Waals surface area contributed by atoms with Crippen molar-refractivity contribution in [1.29, 1.82) is 0 Å². The van der Waals surface area contributed by atoms with Gasteiger partial charge in [0.05, 0.1) is 44.3 Å². The van der Waals surface area contributed by atoms with Gasteiger partial charge in [0.15, 0.2) is 0 Å². The molecule has 1 amide bonds. The van der Waals surface area contributed by atoms with Gasteiger partial charge in [0, 0.05) is 54.6 Å². The highest BCUT2D eigenvalue weighted by Gasteiger charge is 2.24. The number of anilines is 3. The molecule has 3 aromatic rings. The predicted octanol–water partition coefficient (Wildman–Crippen LogP) is 1.53. The van der Waals surface area contributed by atoms with Crippen molar-refractivity contribution >= 4 is 47.1 Å². The van der Waals surface area contributed by atoms with Crippen molar-refractivity contribution in [2.75, 3.05) is 57.5 Å². The Morgan fingerprint density at radius 1 is 1.14 bits per heavy atom. The van der Waals surface area contributed by atoms with Crippen LogP contribution in [-0.4, -0.2) is 77.3 Å². The fraction of sp³-hybridized carbons (Fsp3) is 0.360. The molecule has 1 aliphatic rings. The van der Waals surface area contributed by atoms with Gasteiger partial charge in [-0.05, 0) is 37.3 Å². The molecule has 3 heterocycles. The van der Waals surface area contributed by atoms with Crippen molar-refractivity contribution in [3.05, 3.63) is 59.1 Å². The molecule has 0 bridgehead atoms. The van der Waals surface area contributed by atoms with Crippen molar-refractivity contribution in [2.45, 2.75) is 13.3 Å². The van der Waals surface area contributed by atoms with Crippen LogP contribution in [0.4, 0.5) is 21.6 Å². The molecule has 1 saturated heterocycles. The van der Waals surface area contributed by atoms with Crippen LogP contribution in [0.3, 0.4) is 0 Å². The van der Waals surface area contributed by atoms with Gasteiger partial charge in [-0.1, -0.05) is 11.6 Å². The van der Waals surface area contributed by atoms with E-state index in [-0.39, 0.29) is 36.3 Å². The van der Waals surface area contributed by atoms with E-state index in [1.165, 1.54) is 18.2 Å². The quantitative estimate of drug-likeness (QED) is 0.420. The first-order valence-corrected chi connectivity index (χ1v) is 11.9. The lowest BCUT2D eigenvalue weighted by Crippen LogP contribution is -3.00. The summed E-state index contributed by atoms with van der Waals surface area (Å²) < 4.78 is 15.3. The van der Waals surface area contributed by atoms with Crippen LogP contribution in [0.15, 0.2) is 42.6 Å².